The number of hydrogen-bond donors (Lipinski definition) is 1. The Morgan fingerprint density at radius 2 is 2.00 bits per heavy atom. The molecule has 0 bridgehead atoms. The van der Waals surface area contributed by atoms with E-state index >= 15 is 0 Å². The van der Waals surface area contributed by atoms with E-state index in [1.165, 1.54) is 0 Å². The van der Waals surface area contributed by atoms with Crippen LogP contribution >= 0.6 is 11.6 Å². The lowest BCUT2D eigenvalue weighted by Gasteiger charge is -1.99. The first-order valence-corrected chi connectivity index (χ1v) is 6.27. The Kier molecular flexibility index (Phi) is 2.42. The molecule has 0 amide bonds. The molecule has 1 heterocycles. The fourth-order valence-electron chi connectivity index (χ4n) is 2.10. The molecular formula is C14H12ClN3. The van der Waals surface area contributed by atoms with Crippen LogP contribution in [0.1, 0.15) is 24.4 Å². The van der Waals surface area contributed by atoms with Gasteiger partial charge in [-0.25, -0.2) is 4.98 Å². The second-order valence-corrected chi connectivity index (χ2v) is 5.20. The first kappa shape index (κ1) is 11.3. The monoisotopic (exact) mass is 257 g/mol. The highest BCUT2D eigenvalue weighted by molar-refractivity contribution is 6.30. The van der Waals surface area contributed by atoms with Crippen molar-refractivity contribution in [2.24, 2.45) is 0 Å². The molecule has 0 atom stereocenters. The summed E-state index contributed by atoms with van der Waals surface area (Å²) in [7, 11) is 0. The highest BCUT2D eigenvalue weighted by Crippen LogP contribution is 2.46. The van der Waals surface area contributed by atoms with Crippen LogP contribution in [-0.2, 0) is 5.41 Å². The van der Waals surface area contributed by atoms with E-state index in [2.05, 4.69) is 16.0 Å². The number of hydrogen-bond acceptors (Lipinski definition) is 2. The minimum absolute atomic E-state index is 0.366. The summed E-state index contributed by atoms with van der Waals surface area (Å²) in [5.41, 5.74) is 2.56. The zero-order valence-corrected chi connectivity index (χ0v) is 10.8. The van der Waals surface area contributed by atoms with Crippen LogP contribution in [0.15, 0.2) is 24.3 Å². The van der Waals surface area contributed by atoms with Crippen molar-refractivity contribution in [3.63, 3.8) is 0 Å². The Morgan fingerprint density at radius 3 is 2.56 bits per heavy atom. The van der Waals surface area contributed by atoms with Crippen LogP contribution in [0, 0.1) is 18.3 Å². The van der Waals surface area contributed by atoms with Crippen molar-refractivity contribution >= 4 is 11.6 Å². The summed E-state index contributed by atoms with van der Waals surface area (Å²) in [5, 5.41) is 9.90. The highest BCUT2D eigenvalue weighted by Gasteiger charge is 2.48. The molecule has 2 aromatic rings. The molecule has 0 spiro atoms. The summed E-state index contributed by atoms with van der Waals surface area (Å²) in [6.07, 6.45) is 1.80. The first-order chi connectivity index (χ1) is 8.64. The lowest BCUT2D eigenvalue weighted by molar-refractivity contribution is 0.818. The van der Waals surface area contributed by atoms with Crippen molar-refractivity contribution in [3.05, 3.63) is 40.8 Å². The topological polar surface area (TPSA) is 52.5 Å². The van der Waals surface area contributed by atoms with Crippen molar-refractivity contribution < 1.29 is 0 Å². The lowest BCUT2D eigenvalue weighted by atomic mass is 10.1. The fourth-order valence-corrected chi connectivity index (χ4v) is 2.23. The zero-order valence-electron chi connectivity index (χ0n) is 10.00. The predicted molar refractivity (Wildman–Crippen MR) is 70.3 cm³/mol. The Morgan fingerprint density at radius 1 is 1.33 bits per heavy atom. The third-order valence-electron chi connectivity index (χ3n) is 3.42. The first-order valence-electron chi connectivity index (χ1n) is 5.89. The van der Waals surface area contributed by atoms with Crippen LogP contribution < -0.4 is 0 Å². The zero-order chi connectivity index (χ0) is 12.8. The molecule has 90 valence electrons. The molecule has 0 unspecified atom stereocenters. The maximum absolute atomic E-state index is 9.19. The van der Waals surface area contributed by atoms with Crippen molar-refractivity contribution in [2.45, 2.75) is 25.2 Å². The molecule has 1 fully saturated rings. The minimum atomic E-state index is -0.366. The van der Waals surface area contributed by atoms with Gasteiger partial charge in [0.1, 0.15) is 11.2 Å². The minimum Gasteiger partial charge on any atom is -0.344 e. The number of aromatic nitrogens is 2. The van der Waals surface area contributed by atoms with Gasteiger partial charge in [-0.3, -0.25) is 0 Å². The average Bonchev–Trinajstić information content (AvgIpc) is 3.08. The second kappa shape index (κ2) is 3.86. The molecule has 0 radical (unpaired) electrons. The molecule has 0 aliphatic heterocycles. The molecule has 1 aromatic carbocycles. The summed E-state index contributed by atoms with van der Waals surface area (Å²) in [6.45, 7) is 1.98. The van der Waals surface area contributed by atoms with Crippen molar-refractivity contribution in [2.75, 3.05) is 0 Å². The number of halogens is 1. The highest BCUT2D eigenvalue weighted by atomic mass is 35.5. The van der Waals surface area contributed by atoms with Crippen LogP contribution in [-0.4, -0.2) is 9.97 Å². The number of aromatic amines is 1. The molecule has 1 aliphatic carbocycles. The standard InChI is InChI=1S/C14H12ClN3/c1-9-12(10-2-4-11(15)5-3-10)18-13(17-9)14(8-16)6-7-14/h2-5H,6-7H2,1H3,(H,17,18). The number of benzene rings is 1. The molecule has 4 heteroatoms. The number of rotatable bonds is 2. The lowest BCUT2D eigenvalue weighted by Crippen LogP contribution is -2.04. The van der Waals surface area contributed by atoms with Crippen molar-refractivity contribution in [1.29, 1.82) is 5.26 Å². The maximum atomic E-state index is 9.19. The van der Waals surface area contributed by atoms with Crippen molar-refractivity contribution in [3.8, 4) is 17.3 Å². The van der Waals surface area contributed by atoms with Gasteiger partial charge in [-0.15, -0.1) is 0 Å². The van der Waals surface area contributed by atoms with Gasteiger partial charge in [0, 0.05) is 16.3 Å². The maximum Gasteiger partial charge on any atom is 0.127 e. The summed E-state index contributed by atoms with van der Waals surface area (Å²) in [6, 6.07) is 9.94. The third kappa shape index (κ3) is 1.70. The average molecular weight is 258 g/mol. The molecule has 3 rings (SSSR count). The molecule has 18 heavy (non-hydrogen) atoms. The molecule has 1 saturated carbocycles. The summed E-state index contributed by atoms with van der Waals surface area (Å²) >= 11 is 5.88. The SMILES string of the molecule is Cc1[nH]c(C2(C#N)CC2)nc1-c1ccc(Cl)cc1. The molecule has 1 aromatic heterocycles. The molecule has 1 N–H and O–H groups in total. The Hall–Kier alpha value is -1.79. The third-order valence-corrected chi connectivity index (χ3v) is 3.67. The number of aryl methyl sites for hydroxylation is 1. The van der Waals surface area contributed by atoms with E-state index in [-0.39, 0.29) is 5.41 Å². The van der Waals surface area contributed by atoms with Crippen LogP contribution in [0.25, 0.3) is 11.3 Å². The Labute approximate surface area is 110 Å². The van der Waals surface area contributed by atoms with Gasteiger partial charge in [-0.1, -0.05) is 23.7 Å². The Balaban J connectivity index is 2.04. The summed E-state index contributed by atoms with van der Waals surface area (Å²) < 4.78 is 0. The Bertz CT molecular complexity index is 630. The van der Waals surface area contributed by atoms with E-state index in [1.807, 2.05) is 31.2 Å². The number of H-pyrrole nitrogens is 1. The van der Waals surface area contributed by atoms with Crippen LogP contribution in [0.5, 0.6) is 0 Å². The van der Waals surface area contributed by atoms with Crippen LogP contribution in [0.3, 0.4) is 0 Å². The number of nitriles is 1. The van der Waals surface area contributed by atoms with E-state index in [0.717, 1.165) is 35.6 Å². The largest absolute Gasteiger partial charge is 0.344 e. The van der Waals surface area contributed by atoms with Gasteiger partial charge in [0.2, 0.25) is 0 Å². The van der Waals surface area contributed by atoms with Gasteiger partial charge >= 0.3 is 0 Å². The number of nitrogens with zero attached hydrogens (tertiary/aromatic N) is 2. The molecule has 1 aliphatic rings. The van der Waals surface area contributed by atoms with Gasteiger partial charge in [-0.2, -0.15) is 5.26 Å². The predicted octanol–water partition coefficient (Wildman–Crippen LogP) is 3.59. The normalized spacial score (nSPS) is 16.3. The van der Waals surface area contributed by atoms with E-state index in [9.17, 15) is 5.26 Å². The molecule has 0 saturated heterocycles. The van der Waals surface area contributed by atoms with Crippen LogP contribution in [0.2, 0.25) is 5.02 Å². The van der Waals surface area contributed by atoms with E-state index in [1.54, 1.807) is 0 Å². The van der Waals surface area contributed by atoms with Gasteiger partial charge in [0.25, 0.3) is 0 Å². The quantitative estimate of drug-likeness (QED) is 0.894. The molecule has 3 nitrogen and oxygen atoms in total. The van der Waals surface area contributed by atoms with Crippen LogP contribution in [0.4, 0.5) is 0 Å². The summed E-state index contributed by atoms with van der Waals surface area (Å²) in [4.78, 5) is 7.84. The molecular weight excluding hydrogens is 246 g/mol. The van der Waals surface area contributed by atoms with Gasteiger partial charge in [0.15, 0.2) is 0 Å². The smallest absolute Gasteiger partial charge is 0.127 e. The van der Waals surface area contributed by atoms with Gasteiger partial charge in [0.05, 0.1) is 11.8 Å². The fraction of sp³-hybridized carbons (Fsp3) is 0.286. The van der Waals surface area contributed by atoms with E-state index < -0.39 is 0 Å². The summed E-state index contributed by atoms with van der Waals surface area (Å²) in [5.74, 6) is 0.799. The number of imidazole rings is 1. The van der Waals surface area contributed by atoms with Gasteiger partial charge < -0.3 is 4.98 Å². The van der Waals surface area contributed by atoms with Crippen molar-refractivity contribution in [1.82, 2.24) is 9.97 Å². The van der Waals surface area contributed by atoms with E-state index in [4.69, 9.17) is 11.6 Å². The second-order valence-electron chi connectivity index (χ2n) is 4.76. The number of nitrogens with one attached hydrogen (secondary N) is 1. The van der Waals surface area contributed by atoms with E-state index in [0.29, 0.717) is 5.02 Å². The van der Waals surface area contributed by atoms with Gasteiger partial charge in [-0.05, 0) is 31.9 Å².